The minimum Gasteiger partial charge on any atom is -0.481 e. The van der Waals surface area contributed by atoms with Crippen LogP contribution in [-0.2, 0) is 10.2 Å². The molecule has 0 radical (unpaired) electrons. The predicted octanol–water partition coefficient (Wildman–Crippen LogP) is 3.34. The largest absolute Gasteiger partial charge is 0.481 e. The molecular weight excluding hydrogens is 212 g/mol. The van der Waals surface area contributed by atoms with Gasteiger partial charge in [-0.1, -0.05) is 43.6 Å². The molecule has 0 aromatic heterocycles. The topological polar surface area (TPSA) is 37.3 Å². The molecule has 0 aliphatic carbocycles. The third kappa shape index (κ3) is 2.00. The van der Waals surface area contributed by atoms with Crippen molar-refractivity contribution < 1.29 is 9.90 Å². The number of rotatable bonds is 3. The van der Waals surface area contributed by atoms with Gasteiger partial charge in [0.2, 0.25) is 0 Å². The summed E-state index contributed by atoms with van der Waals surface area (Å²) in [5.74, 6) is -0.861. The van der Waals surface area contributed by atoms with Crippen molar-refractivity contribution in [3.8, 4) is 0 Å². The Kier molecular flexibility index (Phi) is 3.40. The van der Waals surface area contributed by atoms with Crippen molar-refractivity contribution >= 4 is 17.6 Å². The Morgan fingerprint density at radius 3 is 2.33 bits per heavy atom. The smallest absolute Gasteiger partial charge is 0.314 e. The second-order valence-electron chi connectivity index (χ2n) is 4.14. The molecule has 0 heterocycles. The molecule has 82 valence electrons. The van der Waals surface area contributed by atoms with Crippen LogP contribution in [0, 0.1) is 5.92 Å². The van der Waals surface area contributed by atoms with Crippen molar-refractivity contribution in [3.63, 3.8) is 0 Å². The third-order valence-electron chi connectivity index (χ3n) is 3.03. The molecule has 1 unspecified atom stereocenters. The zero-order valence-electron chi connectivity index (χ0n) is 9.12. The molecule has 0 spiro atoms. The molecule has 15 heavy (non-hydrogen) atoms. The summed E-state index contributed by atoms with van der Waals surface area (Å²) in [6, 6.07) is 7.11. The first-order chi connectivity index (χ1) is 6.90. The Balaban J connectivity index is 3.34. The highest BCUT2D eigenvalue weighted by Gasteiger charge is 2.39. The molecule has 1 rings (SSSR count). The van der Waals surface area contributed by atoms with E-state index in [4.69, 9.17) is 11.6 Å². The van der Waals surface area contributed by atoms with Crippen LogP contribution in [0.4, 0.5) is 0 Å². The van der Waals surface area contributed by atoms with Crippen LogP contribution >= 0.6 is 11.6 Å². The number of carbonyl (C=O) groups is 1. The van der Waals surface area contributed by atoms with Gasteiger partial charge in [-0.15, -0.1) is 0 Å². The van der Waals surface area contributed by atoms with Gasteiger partial charge in [-0.2, -0.15) is 0 Å². The highest BCUT2D eigenvalue weighted by molar-refractivity contribution is 6.31. The zero-order chi connectivity index (χ0) is 11.6. The van der Waals surface area contributed by atoms with E-state index in [9.17, 15) is 9.90 Å². The van der Waals surface area contributed by atoms with Gasteiger partial charge in [0.25, 0.3) is 0 Å². The lowest BCUT2D eigenvalue weighted by Crippen LogP contribution is -2.38. The molecule has 1 aromatic rings. The van der Waals surface area contributed by atoms with E-state index in [-0.39, 0.29) is 5.92 Å². The van der Waals surface area contributed by atoms with Gasteiger partial charge in [0, 0.05) is 5.02 Å². The summed E-state index contributed by atoms with van der Waals surface area (Å²) in [6.07, 6.45) is 0. The SMILES string of the molecule is CC(C)C(C)(C(=O)O)c1ccccc1Cl. The number of carboxylic acids is 1. The minimum atomic E-state index is -0.932. The number of hydrogen-bond donors (Lipinski definition) is 1. The van der Waals surface area contributed by atoms with Crippen LogP contribution in [0.3, 0.4) is 0 Å². The van der Waals surface area contributed by atoms with Gasteiger partial charge in [-0.05, 0) is 24.5 Å². The van der Waals surface area contributed by atoms with Gasteiger partial charge in [0.15, 0.2) is 0 Å². The fourth-order valence-corrected chi connectivity index (χ4v) is 1.89. The zero-order valence-corrected chi connectivity index (χ0v) is 9.88. The van der Waals surface area contributed by atoms with Crippen molar-refractivity contribution in [1.82, 2.24) is 0 Å². The van der Waals surface area contributed by atoms with E-state index in [0.717, 1.165) is 0 Å². The lowest BCUT2D eigenvalue weighted by molar-refractivity contribution is -0.145. The summed E-state index contributed by atoms with van der Waals surface area (Å²) >= 11 is 6.03. The second kappa shape index (κ2) is 4.23. The highest BCUT2D eigenvalue weighted by atomic mass is 35.5. The van der Waals surface area contributed by atoms with Crippen molar-refractivity contribution in [2.75, 3.05) is 0 Å². The molecule has 0 aliphatic heterocycles. The fraction of sp³-hybridized carbons (Fsp3) is 0.417. The number of aliphatic carboxylic acids is 1. The summed E-state index contributed by atoms with van der Waals surface area (Å²) in [5.41, 5.74) is -0.257. The van der Waals surface area contributed by atoms with Crippen LogP contribution in [0.1, 0.15) is 26.3 Å². The van der Waals surface area contributed by atoms with Crippen LogP contribution in [0.15, 0.2) is 24.3 Å². The minimum absolute atomic E-state index is 0.0186. The van der Waals surface area contributed by atoms with Crippen LogP contribution in [-0.4, -0.2) is 11.1 Å². The lowest BCUT2D eigenvalue weighted by Gasteiger charge is -2.30. The van der Waals surface area contributed by atoms with Gasteiger partial charge in [-0.25, -0.2) is 0 Å². The van der Waals surface area contributed by atoms with E-state index in [1.807, 2.05) is 19.9 Å². The van der Waals surface area contributed by atoms with E-state index in [0.29, 0.717) is 10.6 Å². The number of benzene rings is 1. The highest BCUT2D eigenvalue weighted by Crippen LogP contribution is 2.36. The Morgan fingerprint density at radius 2 is 1.93 bits per heavy atom. The van der Waals surface area contributed by atoms with Crippen molar-refractivity contribution in [1.29, 1.82) is 0 Å². The summed E-state index contributed by atoms with van der Waals surface area (Å²) in [6.45, 7) is 5.48. The van der Waals surface area contributed by atoms with E-state index < -0.39 is 11.4 Å². The van der Waals surface area contributed by atoms with Crippen molar-refractivity contribution in [2.45, 2.75) is 26.2 Å². The first-order valence-electron chi connectivity index (χ1n) is 4.89. The molecule has 1 aromatic carbocycles. The first kappa shape index (κ1) is 12.1. The van der Waals surface area contributed by atoms with Gasteiger partial charge in [-0.3, -0.25) is 4.79 Å². The Labute approximate surface area is 94.9 Å². The molecule has 3 heteroatoms. The average molecular weight is 227 g/mol. The van der Waals surface area contributed by atoms with Crippen LogP contribution in [0.5, 0.6) is 0 Å². The second-order valence-corrected chi connectivity index (χ2v) is 4.55. The Bertz CT molecular complexity index is 374. The van der Waals surface area contributed by atoms with Crippen molar-refractivity contribution in [2.24, 2.45) is 5.92 Å². The van der Waals surface area contributed by atoms with Gasteiger partial charge >= 0.3 is 5.97 Å². The fourth-order valence-electron chi connectivity index (χ4n) is 1.56. The van der Waals surface area contributed by atoms with E-state index in [2.05, 4.69) is 0 Å². The van der Waals surface area contributed by atoms with E-state index in [1.165, 1.54) is 0 Å². The Morgan fingerprint density at radius 1 is 1.40 bits per heavy atom. The molecule has 0 bridgehead atoms. The molecule has 0 saturated carbocycles. The maximum atomic E-state index is 11.4. The molecule has 0 saturated heterocycles. The molecule has 0 amide bonds. The molecule has 0 aliphatic rings. The van der Waals surface area contributed by atoms with E-state index >= 15 is 0 Å². The molecule has 2 nitrogen and oxygen atoms in total. The predicted molar refractivity (Wildman–Crippen MR) is 61.3 cm³/mol. The standard InChI is InChI=1S/C12H15ClO2/c1-8(2)12(3,11(14)15)9-6-4-5-7-10(9)13/h4-8H,1-3H3,(H,14,15). The molecule has 1 atom stereocenters. The number of halogens is 1. The van der Waals surface area contributed by atoms with Crippen LogP contribution in [0.2, 0.25) is 5.02 Å². The monoisotopic (exact) mass is 226 g/mol. The van der Waals surface area contributed by atoms with Gasteiger partial charge in [0.1, 0.15) is 0 Å². The maximum absolute atomic E-state index is 11.4. The summed E-state index contributed by atoms with van der Waals surface area (Å²) in [7, 11) is 0. The normalized spacial score (nSPS) is 15.0. The Hall–Kier alpha value is -1.02. The first-order valence-corrected chi connectivity index (χ1v) is 5.27. The van der Waals surface area contributed by atoms with Crippen LogP contribution < -0.4 is 0 Å². The van der Waals surface area contributed by atoms with E-state index in [1.54, 1.807) is 25.1 Å². The quantitative estimate of drug-likeness (QED) is 0.859. The summed E-state index contributed by atoms with van der Waals surface area (Å²) in [4.78, 5) is 11.4. The molecular formula is C12H15ClO2. The average Bonchev–Trinajstić information content (AvgIpc) is 2.16. The number of hydrogen-bond acceptors (Lipinski definition) is 1. The summed E-state index contributed by atoms with van der Waals surface area (Å²) in [5, 5.41) is 9.83. The van der Waals surface area contributed by atoms with Crippen molar-refractivity contribution in [3.05, 3.63) is 34.9 Å². The lowest BCUT2D eigenvalue weighted by atomic mass is 9.73. The van der Waals surface area contributed by atoms with Crippen LogP contribution in [0.25, 0.3) is 0 Å². The molecule has 1 N–H and O–H groups in total. The summed E-state index contributed by atoms with van der Waals surface area (Å²) < 4.78 is 0. The van der Waals surface area contributed by atoms with Gasteiger partial charge in [0.05, 0.1) is 5.41 Å². The maximum Gasteiger partial charge on any atom is 0.314 e. The molecule has 0 fully saturated rings. The van der Waals surface area contributed by atoms with Gasteiger partial charge < -0.3 is 5.11 Å². The number of carboxylic acid groups (broad SMARTS) is 1. The third-order valence-corrected chi connectivity index (χ3v) is 3.36.